The SMILES string of the molecule is Cc1cc[n+](C)cc1.Cc1ccc[n+](C)c1.Cc1cccc[n+]1C.Cc1ccncc1. The van der Waals surface area contributed by atoms with Crippen molar-refractivity contribution in [3.05, 3.63) is 120 Å². The molecule has 0 aliphatic carbocycles. The first-order valence-electron chi connectivity index (χ1n) is 10.4. The molecule has 0 fully saturated rings. The van der Waals surface area contributed by atoms with E-state index in [9.17, 15) is 0 Å². The number of aryl methyl sites for hydroxylation is 7. The van der Waals surface area contributed by atoms with E-state index in [0.29, 0.717) is 0 Å². The first-order valence-corrected chi connectivity index (χ1v) is 10.4. The highest BCUT2D eigenvalue weighted by Gasteiger charge is 1.92. The van der Waals surface area contributed by atoms with Crippen LogP contribution in [-0.2, 0) is 21.1 Å². The first kappa shape index (κ1) is 25.6. The molecular formula is C27H37N4+3. The van der Waals surface area contributed by atoms with Crippen LogP contribution in [-0.4, -0.2) is 4.98 Å². The van der Waals surface area contributed by atoms with Gasteiger partial charge in [0.15, 0.2) is 36.7 Å². The minimum Gasteiger partial charge on any atom is -0.265 e. The van der Waals surface area contributed by atoms with Crippen LogP contribution in [0.5, 0.6) is 0 Å². The molecule has 162 valence electrons. The summed E-state index contributed by atoms with van der Waals surface area (Å²) < 4.78 is 6.14. The molecular weight excluding hydrogens is 380 g/mol. The third-order valence-electron chi connectivity index (χ3n) is 4.39. The molecule has 0 radical (unpaired) electrons. The molecule has 4 aromatic heterocycles. The van der Waals surface area contributed by atoms with Gasteiger partial charge in [-0.15, -0.1) is 0 Å². The molecule has 0 amide bonds. The summed E-state index contributed by atoms with van der Waals surface area (Å²) in [4.78, 5) is 3.85. The van der Waals surface area contributed by atoms with Gasteiger partial charge in [0.2, 0.25) is 0 Å². The average Bonchev–Trinajstić information content (AvgIpc) is 2.74. The van der Waals surface area contributed by atoms with Crippen molar-refractivity contribution in [2.24, 2.45) is 21.1 Å². The molecule has 4 nitrogen and oxygen atoms in total. The molecule has 0 aliphatic heterocycles. The van der Waals surface area contributed by atoms with Crippen molar-refractivity contribution in [1.82, 2.24) is 4.98 Å². The lowest BCUT2D eigenvalue weighted by Crippen LogP contribution is -2.30. The maximum absolute atomic E-state index is 3.85. The van der Waals surface area contributed by atoms with E-state index in [-0.39, 0.29) is 0 Å². The van der Waals surface area contributed by atoms with Crippen molar-refractivity contribution in [1.29, 1.82) is 0 Å². The lowest BCUT2D eigenvalue weighted by atomic mass is 10.3. The summed E-state index contributed by atoms with van der Waals surface area (Å²) in [5.74, 6) is 0. The summed E-state index contributed by atoms with van der Waals surface area (Å²) >= 11 is 0. The van der Waals surface area contributed by atoms with Crippen molar-refractivity contribution in [2.75, 3.05) is 0 Å². The van der Waals surface area contributed by atoms with Gasteiger partial charge in [-0.3, -0.25) is 4.98 Å². The van der Waals surface area contributed by atoms with Crippen molar-refractivity contribution in [3.8, 4) is 0 Å². The van der Waals surface area contributed by atoms with Gasteiger partial charge in [-0.05, 0) is 50.1 Å². The topological polar surface area (TPSA) is 24.5 Å². The van der Waals surface area contributed by atoms with Gasteiger partial charge >= 0.3 is 0 Å². The van der Waals surface area contributed by atoms with Crippen molar-refractivity contribution < 1.29 is 13.7 Å². The van der Waals surface area contributed by atoms with Gasteiger partial charge in [0, 0.05) is 55.2 Å². The Morgan fingerprint density at radius 2 is 1.16 bits per heavy atom. The van der Waals surface area contributed by atoms with E-state index in [1.165, 1.54) is 22.4 Å². The Kier molecular flexibility index (Phi) is 12.0. The number of hydrogen-bond acceptors (Lipinski definition) is 1. The zero-order valence-electron chi connectivity index (χ0n) is 20.0. The quantitative estimate of drug-likeness (QED) is 0.399. The fourth-order valence-electron chi connectivity index (χ4n) is 2.35. The lowest BCUT2D eigenvalue weighted by molar-refractivity contribution is -0.677. The first-order chi connectivity index (χ1) is 14.8. The van der Waals surface area contributed by atoms with Gasteiger partial charge in [0.25, 0.3) is 0 Å². The summed E-state index contributed by atoms with van der Waals surface area (Å²) in [7, 11) is 6.07. The van der Waals surface area contributed by atoms with E-state index in [1.807, 2.05) is 92.3 Å². The van der Waals surface area contributed by atoms with Gasteiger partial charge < -0.3 is 0 Å². The van der Waals surface area contributed by atoms with E-state index >= 15 is 0 Å². The summed E-state index contributed by atoms with van der Waals surface area (Å²) in [5, 5.41) is 0. The van der Waals surface area contributed by atoms with Crippen LogP contribution >= 0.6 is 0 Å². The summed E-state index contributed by atoms with van der Waals surface area (Å²) in [6.45, 7) is 8.29. The van der Waals surface area contributed by atoms with Crippen LogP contribution in [0.4, 0.5) is 0 Å². The highest BCUT2D eigenvalue weighted by Crippen LogP contribution is 1.89. The second-order valence-corrected chi connectivity index (χ2v) is 7.57. The van der Waals surface area contributed by atoms with Crippen LogP contribution in [0.2, 0.25) is 0 Å². The lowest BCUT2D eigenvalue weighted by Gasteiger charge is -1.87. The van der Waals surface area contributed by atoms with Crippen molar-refractivity contribution >= 4 is 0 Å². The predicted molar refractivity (Wildman–Crippen MR) is 126 cm³/mol. The molecule has 31 heavy (non-hydrogen) atoms. The highest BCUT2D eigenvalue weighted by atomic mass is 14.9. The van der Waals surface area contributed by atoms with Gasteiger partial charge in [0.1, 0.15) is 21.1 Å². The van der Waals surface area contributed by atoms with Gasteiger partial charge in [-0.2, -0.15) is 0 Å². The van der Waals surface area contributed by atoms with Crippen LogP contribution in [0, 0.1) is 27.7 Å². The Labute approximate surface area is 188 Å². The zero-order valence-corrected chi connectivity index (χ0v) is 20.0. The maximum Gasteiger partial charge on any atom is 0.177 e. The third-order valence-corrected chi connectivity index (χ3v) is 4.39. The highest BCUT2D eigenvalue weighted by molar-refractivity contribution is 5.05. The number of aromatic nitrogens is 4. The molecule has 0 bridgehead atoms. The third kappa shape index (κ3) is 12.7. The van der Waals surface area contributed by atoms with Crippen LogP contribution in [0.1, 0.15) is 22.4 Å². The normalized spacial score (nSPS) is 9.13. The Morgan fingerprint density at radius 3 is 1.52 bits per heavy atom. The molecule has 0 unspecified atom stereocenters. The van der Waals surface area contributed by atoms with Crippen LogP contribution in [0.25, 0.3) is 0 Å². The van der Waals surface area contributed by atoms with Crippen molar-refractivity contribution in [2.45, 2.75) is 27.7 Å². The molecule has 0 spiro atoms. The Balaban J connectivity index is 0.000000207. The number of nitrogens with zero attached hydrogens (tertiary/aromatic N) is 4. The van der Waals surface area contributed by atoms with E-state index in [0.717, 1.165) is 0 Å². The molecule has 0 aromatic carbocycles. The molecule has 4 rings (SSSR count). The summed E-state index contributed by atoms with van der Waals surface area (Å²) in [5.41, 5.74) is 5.15. The van der Waals surface area contributed by atoms with Crippen LogP contribution in [0.15, 0.2) is 98.0 Å². The maximum atomic E-state index is 3.85. The fraction of sp³-hybridized carbons (Fsp3) is 0.259. The molecule has 0 saturated carbocycles. The van der Waals surface area contributed by atoms with Crippen molar-refractivity contribution in [3.63, 3.8) is 0 Å². The van der Waals surface area contributed by atoms with Crippen LogP contribution < -0.4 is 13.7 Å². The second kappa shape index (κ2) is 14.6. The minimum absolute atomic E-state index is 1.26. The number of hydrogen-bond donors (Lipinski definition) is 0. The average molecular weight is 418 g/mol. The molecule has 4 heterocycles. The standard InChI is InChI=1S/3C7H10N.C6H7N/c1-7-3-5-8(2)6-4-7;1-7-4-3-5-8(2)6-7;1-7-5-3-4-6-8(7)2;1-6-2-4-7-5-3-6/h3*3-6H,1-2H3;2-5H,1H3/q3*+1;. The largest absolute Gasteiger partial charge is 0.265 e. The molecule has 4 aromatic rings. The second-order valence-electron chi connectivity index (χ2n) is 7.57. The predicted octanol–water partition coefficient (Wildman–Crippen LogP) is 3.85. The van der Waals surface area contributed by atoms with E-state index in [1.54, 1.807) is 12.4 Å². The van der Waals surface area contributed by atoms with Gasteiger partial charge in [0.05, 0.1) is 0 Å². The monoisotopic (exact) mass is 417 g/mol. The molecule has 0 aliphatic rings. The smallest absolute Gasteiger partial charge is 0.177 e. The fourth-order valence-corrected chi connectivity index (χ4v) is 2.35. The Morgan fingerprint density at radius 1 is 0.548 bits per heavy atom. The minimum atomic E-state index is 1.26. The van der Waals surface area contributed by atoms with E-state index < -0.39 is 0 Å². The molecule has 0 atom stereocenters. The summed E-state index contributed by atoms with van der Waals surface area (Å²) in [6.07, 6.45) is 13.8. The van der Waals surface area contributed by atoms with E-state index in [2.05, 4.69) is 60.8 Å². The number of rotatable bonds is 0. The van der Waals surface area contributed by atoms with E-state index in [4.69, 9.17) is 0 Å². The Bertz CT molecular complexity index is 938. The molecule has 0 saturated heterocycles. The summed E-state index contributed by atoms with van der Waals surface area (Å²) in [6, 6.07) is 18.4. The zero-order chi connectivity index (χ0) is 23.1. The molecule has 4 heteroatoms. The van der Waals surface area contributed by atoms with Crippen LogP contribution in [0.3, 0.4) is 0 Å². The van der Waals surface area contributed by atoms with Gasteiger partial charge in [-0.25, -0.2) is 13.7 Å². The number of pyridine rings is 4. The Hall–Kier alpha value is -3.40. The van der Waals surface area contributed by atoms with Gasteiger partial charge in [-0.1, -0.05) is 6.07 Å². The molecule has 0 N–H and O–H groups in total.